The van der Waals surface area contributed by atoms with E-state index in [1.807, 2.05) is 24.3 Å². The fraction of sp³-hybridized carbons (Fsp3) is 0.0714. The molecule has 1 unspecified atom stereocenters. The van der Waals surface area contributed by atoms with E-state index in [1.165, 1.54) is 0 Å². The Hall–Kier alpha value is -2.00. The maximum absolute atomic E-state index is 11.9. The number of amides is 1. The second kappa shape index (κ2) is 4.35. The lowest BCUT2D eigenvalue weighted by Gasteiger charge is -2.27. The van der Waals surface area contributed by atoms with Crippen molar-refractivity contribution in [1.29, 1.82) is 0 Å². The zero-order chi connectivity index (χ0) is 12.5. The molecule has 1 atom stereocenters. The first kappa shape index (κ1) is 11.1. The van der Waals surface area contributed by atoms with Crippen LogP contribution in [0.5, 0.6) is 5.75 Å². The standard InChI is InChI=1S/C14H10ClNO2/c15-11-7-3-1-5-9(11)14-16-13(17)10-6-2-4-8-12(10)18-14/h1-8,14H,(H,16,17). The van der Waals surface area contributed by atoms with Crippen molar-refractivity contribution in [2.45, 2.75) is 6.23 Å². The third kappa shape index (κ3) is 1.83. The molecule has 18 heavy (non-hydrogen) atoms. The summed E-state index contributed by atoms with van der Waals surface area (Å²) in [5.74, 6) is 0.424. The summed E-state index contributed by atoms with van der Waals surface area (Å²) >= 11 is 6.10. The van der Waals surface area contributed by atoms with Crippen LogP contribution in [0.4, 0.5) is 0 Å². The van der Waals surface area contributed by atoms with Crippen molar-refractivity contribution in [3.8, 4) is 5.75 Å². The molecule has 2 aromatic carbocycles. The number of hydrogen-bond donors (Lipinski definition) is 1. The molecule has 4 heteroatoms. The highest BCUT2D eigenvalue weighted by Crippen LogP contribution is 2.31. The van der Waals surface area contributed by atoms with Crippen LogP contribution < -0.4 is 10.1 Å². The van der Waals surface area contributed by atoms with Crippen LogP contribution in [0.3, 0.4) is 0 Å². The van der Waals surface area contributed by atoms with Crippen molar-refractivity contribution in [2.24, 2.45) is 0 Å². The van der Waals surface area contributed by atoms with Gasteiger partial charge in [0.2, 0.25) is 0 Å². The number of benzene rings is 2. The molecule has 1 aliphatic rings. The van der Waals surface area contributed by atoms with Crippen LogP contribution in [0.2, 0.25) is 5.02 Å². The van der Waals surface area contributed by atoms with Crippen LogP contribution >= 0.6 is 11.6 Å². The average molecular weight is 260 g/mol. The summed E-state index contributed by atoms with van der Waals surface area (Å²) in [5, 5.41) is 3.36. The zero-order valence-corrected chi connectivity index (χ0v) is 10.1. The van der Waals surface area contributed by atoms with Gasteiger partial charge >= 0.3 is 0 Å². The van der Waals surface area contributed by atoms with Gasteiger partial charge < -0.3 is 10.1 Å². The quantitative estimate of drug-likeness (QED) is 0.854. The minimum atomic E-state index is -0.541. The number of carbonyl (C=O) groups excluding carboxylic acids is 1. The molecule has 0 aromatic heterocycles. The Morgan fingerprint density at radius 1 is 1.06 bits per heavy atom. The summed E-state index contributed by atoms with van der Waals surface area (Å²) in [6.45, 7) is 0. The number of carbonyl (C=O) groups is 1. The molecule has 0 radical (unpaired) electrons. The number of hydrogen-bond acceptors (Lipinski definition) is 2. The van der Waals surface area contributed by atoms with E-state index >= 15 is 0 Å². The number of rotatable bonds is 1. The van der Waals surface area contributed by atoms with Crippen LogP contribution in [0.15, 0.2) is 48.5 Å². The summed E-state index contributed by atoms with van der Waals surface area (Å²) in [7, 11) is 0. The van der Waals surface area contributed by atoms with Gasteiger partial charge in [-0.2, -0.15) is 0 Å². The van der Waals surface area contributed by atoms with Gasteiger partial charge in [0.1, 0.15) is 5.75 Å². The highest BCUT2D eigenvalue weighted by molar-refractivity contribution is 6.31. The molecule has 1 heterocycles. The number of fused-ring (bicyclic) bond motifs is 1. The topological polar surface area (TPSA) is 38.3 Å². The zero-order valence-electron chi connectivity index (χ0n) is 9.39. The fourth-order valence-corrected chi connectivity index (χ4v) is 2.17. The minimum absolute atomic E-state index is 0.151. The van der Waals surface area contributed by atoms with Crippen LogP contribution in [0, 0.1) is 0 Å². The molecule has 1 aliphatic heterocycles. The first-order valence-electron chi connectivity index (χ1n) is 5.56. The SMILES string of the molecule is O=C1NC(c2ccccc2Cl)Oc2ccccc21. The molecule has 0 spiro atoms. The summed E-state index contributed by atoms with van der Waals surface area (Å²) in [4.78, 5) is 11.9. The lowest BCUT2D eigenvalue weighted by atomic mass is 10.1. The second-order valence-corrected chi connectivity index (χ2v) is 4.40. The molecule has 0 bridgehead atoms. The number of halogens is 1. The third-order valence-electron chi connectivity index (χ3n) is 2.83. The van der Waals surface area contributed by atoms with Crippen molar-refractivity contribution in [3.05, 3.63) is 64.7 Å². The molecule has 0 fully saturated rings. The Bertz CT molecular complexity index is 612. The maximum Gasteiger partial charge on any atom is 0.258 e. The van der Waals surface area contributed by atoms with E-state index in [0.29, 0.717) is 16.3 Å². The Morgan fingerprint density at radius 3 is 2.61 bits per heavy atom. The Labute approximate surface area is 109 Å². The Balaban J connectivity index is 2.00. The van der Waals surface area contributed by atoms with E-state index in [-0.39, 0.29) is 5.91 Å². The van der Waals surface area contributed by atoms with Crippen molar-refractivity contribution >= 4 is 17.5 Å². The van der Waals surface area contributed by atoms with Gasteiger partial charge in [-0.15, -0.1) is 0 Å². The lowest BCUT2D eigenvalue weighted by molar-refractivity contribution is 0.0756. The summed E-state index contributed by atoms with van der Waals surface area (Å²) in [6.07, 6.45) is -0.541. The van der Waals surface area contributed by atoms with Gasteiger partial charge in [-0.05, 0) is 18.2 Å². The molecule has 1 N–H and O–H groups in total. The average Bonchev–Trinajstić information content (AvgIpc) is 2.39. The van der Waals surface area contributed by atoms with E-state index in [2.05, 4.69) is 5.32 Å². The fourth-order valence-electron chi connectivity index (χ4n) is 1.94. The molecule has 0 aliphatic carbocycles. The predicted octanol–water partition coefficient (Wildman–Crippen LogP) is 3.16. The van der Waals surface area contributed by atoms with Gasteiger partial charge in [0.25, 0.3) is 5.91 Å². The van der Waals surface area contributed by atoms with Gasteiger partial charge in [-0.3, -0.25) is 4.79 Å². The summed E-state index contributed by atoms with van der Waals surface area (Å²) < 4.78 is 5.75. The predicted molar refractivity (Wildman–Crippen MR) is 68.7 cm³/mol. The van der Waals surface area contributed by atoms with E-state index in [4.69, 9.17) is 16.3 Å². The second-order valence-electron chi connectivity index (χ2n) is 3.99. The highest BCUT2D eigenvalue weighted by atomic mass is 35.5. The monoisotopic (exact) mass is 259 g/mol. The highest BCUT2D eigenvalue weighted by Gasteiger charge is 2.27. The molecule has 2 aromatic rings. The van der Waals surface area contributed by atoms with Crippen molar-refractivity contribution in [2.75, 3.05) is 0 Å². The number of para-hydroxylation sites is 1. The first-order valence-corrected chi connectivity index (χ1v) is 5.94. The van der Waals surface area contributed by atoms with Crippen LogP contribution in [-0.2, 0) is 0 Å². The van der Waals surface area contributed by atoms with Crippen molar-refractivity contribution < 1.29 is 9.53 Å². The van der Waals surface area contributed by atoms with Crippen LogP contribution in [0.25, 0.3) is 0 Å². The molecule has 3 nitrogen and oxygen atoms in total. The van der Waals surface area contributed by atoms with Crippen molar-refractivity contribution in [3.63, 3.8) is 0 Å². The maximum atomic E-state index is 11.9. The Morgan fingerprint density at radius 2 is 1.78 bits per heavy atom. The molecule has 90 valence electrons. The first-order chi connectivity index (χ1) is 8.75. The number of ether oxygens (including phenoxy) is 1. The lowest BCUT2D eigenvalue weighted by Crippen LogP contribution is -2.36. The summed E-state index contributed by atoms with van der Waals surface area (Å²) in [6, 6.07) is 14.4. The molecule has 0 saturated heterocycles. The molecular formula is C14H10ClNO2. The van der Waals surface area contributed by atoms with Crippen molar-refractivity contribution in [1.82, 2.24) is 5.32 Å². The molecular weight excluding hydrogens is 250 g/mol. The van der Waals surface area contributed by atoms with E-state index in [9.17, 15) is 4.79 Å². The normalized spacial score (nSPS) is 17.6. The Kier molecular flexibility index (Phi) is 2.68. The smallest absolute Gasteiger partial charge is 0.258 e. The van der Waals surface area contributed by atoms with Crippen LogP contribution in [0.1, 0.15) is 22.1 Å². The third-order valence-corrected chi connectivity index (χ3v) is 3.17. The molecule has 1 amide bonds. The van der Waals surface area contributed by atoms with Gasteiger partial charge in [0.15, 0.2) is 6.23 Å². The number of nitrogens with one attached hydrogen (secondary N) is 1. The van der Waals surface area contributed by atoms with Crippen LogP contribution in [-0.4, -0.2) is 5.91 Å². The minimum Gasteiger partial charge on any atom is -0.466 e. The van der Waals surface area contributed by atoms with E-state index in [1.54, 1.807) is 24.3 Å². The summed E-state index contributed by atoms with van der Waals surface area (Å²) in [5.41, 5.74) is 1.29. The van der Waals surface area contributed by atoms with Gasteiger partial charge in [-0.25, -0.2) is 0 Å². The van der Waals surface area contributed by atoms with Gasteiger partial charge in [-0.1, -0.05) is 41.9 Å². The van der Waals surface area contributed by atoms with E-state index < -0.39 is 6.23 Å². The molecule has 0 saturated carbocycles. The largest absolute Gasteiger partial charge is 0.466 e. The van der Waals surface area contributed by atoms with Gasteiger partial charge in [0.05, 0.1) is 5.56 Å². The van der Waals surface area contributed by atoms with E-state index in [0.717, 1.165) is 5.56 Å². The van der Waals surface area contributed by atoms with Gasteiger partial charge in [0, 0.05) is 10.6 Å². The molecule has 3 rings (SSSR count).